The molecule has 5 heteroatoms. The Morgan fingerprint density at radius 1 is 0.875 bits per heavy atom. The van der Waals surface area contributed by atoms with E-state index in [1.807, 2.05) is 31.2 Å². The minimum absolute atomic E-state index is 0.164. The molecule has 0 aliphatic carbocycles. The number of aryl methyl sites for hydroxylation is 1. The second-order valence-corrected chi connectivity index (χ2v) is 4.40. The van der Waals surface area contributed by atoms with Gasteiger partial charge in [-0.05, 0) is 6.92 Å². The molecule has 1 aromatic heterocycles. The minimum atomic E-state index is 0.164. The summed E-state index contributed by atoms with van der Waals surface area (Å²) in [5.41, 5.74) is 2.01. The van der Waals surface area contributed by atoms with Crippen LogP contribution in [-0.4, -0.2) is 9.97 Å². The summed E-state index contributed by atoms with van der Waals surface area (Å²) in [5, 5.41) is 0.508. The molecule has 2 nitrogen and oxygen atoms in total. The van der Waals surface area contributed by atoms with E-state index in [1.54, 1.807) is 0 Å². The molecule has 0 unspecified atom stereocenters. The second-order valence-electron chi connectivity index (χ2n) is 3.31. The molecule has 1 heterocycles. The fraction of sp³-hybridized carbons (Fsp3) is 0.0909. The van der Waals surface area contributed by atoms with Crippen molar-refractivity contribution in [3.8, 4) is 11.4 Å². The summed E-state index contributed by atoms with van der Waals surface area (Å²) < 4.78 is 0. The lowest BCUT2D eigenvalue weighted by Gasteiger charge is -2.03. The van der Waals surface area contributed by atoms with E-state index < -0.39 is 0 Å². The number of hydrogen-bond acceptors (Lipinski definition) is 2. The van der Waals surface area contributed by atoms with E-state index in [-0.39, 0.29) is 15.3 Å². The number of hydrogen-bond donors (Lipinski definition) is 0. The first kappa shape index (κ1) is 11.6. The maximum absolute atomic E-state index is 5.83. The van der Waals surface area contributed by atoms with E-state index in [2.05, 4.69) is 9.97 Å². The van der Waals surface area contributed by atoms with E-state index in [4.69, 9.17) is 34.8 Å². The van der Waals surface area contributed by atoms with Gasteiger partial charge in [0.2, 0.25) is 0 Å². The second kappa shape index (κ2) is 4.58. The molecule has 82 valence electrons. The average Bonchev–Trinajstić information content (AvgIpc) is 2.26. The van der Waals surface area contributed by atoms with Crippen LogP contribution in [0.2, 0.25) is 15.3 Å². The van der Waals surface area contributed by atoms with Gasteiger partial charge < -0.3 is 0 Å². The zero-order valence-corrected chi connectivity index (χ0v) is 10.6. The largest absolute Gasteiger partial charge is 0.215 e. The van der Waals surface area contributed by atoms with Crippen molar-refractivity contribution in [3.63, 3.8) is 0 Å². The third kappa shape index (κ3) is 2.29. The molecule has 0 aliphatic rings. The highest BCUT2D eigenvalue weighted by molar-refractivity contribution is 6.46. The number of rotatable bonds is 1. The van der Waals surface area contributed by atoms with Gasteiger partial charge in [0.25, 0.3) is 0 Å². The standard InChI is InChI=1S/C11H7Cl3N2/c1-6-2-4-7(5-3-6)11-15-9(13)8(12)10(14)16-11/h2-5H,1H3. The Kier molecular flexibility index (Phi) is 3.33. The Bertz CT molecular complexity index is 500. The van der Waals surface area contributed by atoms with Crippen LogP contribution in [0.15, 0.2) is 24.3 Å². The molecule has 0 N–H and O–H groups in total. The van der Waals surface area contributed by atoms with Crippen LogP contribution < -0.4 is 0 Å². The SMILES string of the molecule is Cc1ccc(-c2nc(Cl)c(Cl)c(Cl)n2)cc1. The van der Waals surface area contributed by atoms with Gasteiger partial charge in [0, 0.05) is 5.56 Å². The van der Waals surface area contributed by atoms with E-state index in [1.165, 1.54) is 0 Å². The summed E-state index contributed by atoms with van der Waals surface area (Å²) in [6, 6.07) is 7.75. The third-order valence-electron chi connectivity index (χ3n) is 2.08. The number of nitrogens with zero attached hydrogens (tertiary/aromatic N) is 2. The molecule has 2 aromatic rings. The number of benzene rings is 1. The monoisotopic (exact) mass is 272 g/mol. The lowest BCUT2D eigenvalue weighted by molar-refractivity contribution is 1.17. The first-order valence-electron chi connectivity index (χ1n) is 4.53. The van der Waals surface area contributed by atoms with Crippen molar-refractivity contribution in [2.24, 2.45) is 0 Å². The average molecular weight is 274 g/mol. The van der Waals surface area contributed by atoms with E-state index >= 15 is 0 Å². The normalized spacial score (nSPS) is 10.5. The molecule has 0 aliphatic heterocycles. The molecule has 0 saturated heterocycles. The lowest BCUT2D eigenvalue weighted by Crippen LogP contribution is -1.91. The molecular formula is C11H7Cl3N2. The quantitative estimate of drug-likeness (QED) is 0.719. The van der Waals surface area contributed by atoms with Crippen LogP contribution in [0.4, 0.5) is 0 Å². The first-order valence-corrected chi connectivity index (χ1v) is 5.67. The molecule has 0 amide bonds. The topological polar surface area (TPSA) is 25.8 Å². The van der Waals surface area contributed by atoms with Crippen LogP contribution in [0.25, 0.3) is 11.4 Å². The van der Waals surface area contributed by atoms with Gasteiger partial charge in [-0.25, -0.2) is 9.97 Å². The van der Waals surface area contributed by atoms with Crippen molar-refractivity contribution in [3.05, 3.63) is 45.2 Å². The van der Waals surface area contributed by atoms with Crippen LogP contribution in [0, 0.1) is 6.92 Å². The van der Waals surface area contributed by atoms with Gasteiger partial charge in [0.15, 0.2) is 16.1 Å². The Balaban J connectivity index is 2.52. The van der Waals surface area contributed by atoms with Crippen LogP contribution >= 0.6 is 34.8 Å². The lowest BCUT2D eigenvalue weighted by atomic mass is 10.1. The maximum atomic E-state index is 5.83. The van der Waals surface area contributed by atoms with Gasteiger partial charge in [-0.3, -0.25) is 0 Å². The van der Waals surface area contributed by atoms with Crippen LogP contribution in [0.5, 0.6) is 0 Å². The fourth-order valence-electron chi connectivity index (χ4n) is 1.23. The van der Waals surface area contributed by atoms with Gasteiger partial charge in [0.05, 0.1) is 0 Å². The van der Waals surface area contributed by atoms with Gasteiger partial charge in [-0.15, -0.1) is 0 Å². The summed E-state index contributed by atoms with van der Waals surface area (Å²) in [5.74, 6) is 0.472. The molecule has 1 aromatic carbocycles. The van der Waals surface area contributed by atoms with Gasteiger partial charge >= 0.3 is 0 Å². The smallest absolute Gasteiger partial charge is 0.162 e. The van der Waals surface area contributed by atoms with Crippen LogP contribution in [0.1, 0.15) is 5.56 Å². The van der Waals surface area contributed by atoms with Crippen molar-refractivity contribution in [2.45, 2.75) is 6.92 Å². The molecule has 0 fully saturated rings. The highest BCUT2D eigenvalue weighted by Crippen LogP contribution is 2.29. The molecule has 16 heavy (non-hydrogen) atoms. The van der Waals surface area contributed by atoms with Crippen molar-refractivity contribution >= 4 is 34.8 Å². The van der Waals surface area contributed by atoms with E-state index in [0.29, 0.717) is 5.82 Å². The highest BCUT2D eigenvalue weighted by atomic mass is 35.5. The predicted molar refractivity (Wildman–Crippen MR) is 67.2 cm³/mol. The van der Waals surface area contributed by atoms with Crippen molar-refractivity contribution in [1.82, 2.24) is 9.97 Å². The minimum Gasteiger partial charge on any atom is -0.215 e. The Hall–Kier alpha value is -0.830. The molecule has 0 radical (unpaired) electrons. The Morgan fingerprint density at radius 2 is 1.38 bits per heavy atom. The van der Waals surface area contributed by atoms with Crippen LogP contribution in [-0.2, 0) is 0 Å². The zero-order chi connectivity index (χ0) is 11.7. The summed E-state index contributed by atoms with van der Waals surface area (Å²) in [6.45, 7) is 2.01. The maximum Gasteiger partial charge on any atom is 0.162 e. The summed E-state index contributed by atoms with van der Waals surface area (Å²) in [6.07, 6.45) is 0. The predicted octanol–water partition coefficient (Wildman–Crippen LogP) is 4.41. The van der Waals surface area contributed by atoms with Crippen molar-refractivity contribution in [2.75, 3.05) is 0 Å². The van der Waals surface area contributed by atoms with Crippen LogP contribution in [0.3, 0.4) is 0 Å². The first-order chi connectivity index (χ1) is 7.58. The highest BCUT2D eigenvalue weighted by Gasteiger charge is 2.10. The van der Waals surface area contributed by atoms with Crippen molar-refractivity contribution < 1.29 is 0 Å². The van der Waals surface area contributed by atoms with Crippen molar-refractivity contribution in [1.29, 1.82) is 0 Å². The van der Waals surface area contributed by atoms with Gasteiger partial charge in [0.1, 0.15) is 5.02 Å². The number of aromatic nitrogens is 2. The van der Waals surface area contributed by atoms with E-state index in [0.717, 1.165) is 11.1 Å². The molecule has 0 saturated carbocycles. The van der Waals surface area contributed by atoms with Gasteiger partial charge in [-0.2, -0.15) is 0 Å². The molecule has 0 spiro atoms. The zero-order valence-electron chi connectivity index (χ0n) is 8.34. The summed E-state index contributed by atoms with van der Waals surface area (Å²) >= 11 is 17.4. The van der Waals surface area contributed by atoms with E-state index in [9.17, 15) is 0 Å². The van der Waals surface area contributed by atoms with Gasteiger partial charge in [-0.1, -0.05) is 64.6 Å². The Morgan fingerprint density at radius 3 is 1.88 bits per heavy atom. The Labute approximate surface area is 108 Å². The number of halogens is 3. The summed E-state index contributed by atoms with van der Waals surface area (Å²) in [7, 11) is 0. The summed E-state index contributed by atoms with van der Waals surface area (Å²) in [4.78, 5) is 8.14. The third-order valence-corrected chi connectivity index (χ3v) is 3.18. The fourth-order valence-corrected chi connectivity index (χ4v) is 1.70. The molecule has 2 rings (SSSR count). The molecular weight excluding hydrogens is 266 g/mol. The molecule has 0 bridgehead atoms. The molecule has 0 atom stereocenters.